The zero-order valence-electron chi connectivity index (χ0n) is 17.1. The molecule has 0 unspecified atom stereocenters. The van der Waals surface area contributed by atoms with Gasteiger partial charge in [-0.2, -0.15) is 4.37 Å². The lowest BCUT2D eigenvalue weighted by Crippen LogP contribution is -2.38. The van der Waals surface area contributed by atoms with E-state index in [2.05, 4.69) is 19.6 Å². The van der Waals surface area contributed by atoms with Crippen molar-refractivity contribution in [1.29, 1.82) is 0 Å². The van der Waals surface area contributed by atoms with E-state index in [9.17, 15) is 14.0 Å². The second kappa shape index (κ2) is 11.0. The molecule has 3 rings (SSSR count). The molecule has 1 aromatic carbocycles. The monoisotopic (exact) mass is 434 g/mol. The number of nitrogens with zero attached hydrogens (tertiary/aromatic N) is 3. The summed E-state index contributed by atoms with van der Waals surface area (Å²) in [4.78, 5) is 30.1. The van der Waals surface area contributed by atoms with E-state index in [0.29, 0.717) is 25.5 Å². The van der Waals surface area contributed by atoms with Crippen LogP contribution in [0.25, 0.3) is 0 Å². The van der Waals surface area contributed by atoms with E-state index in [1.165, 1.54) is 23.7 Å². The lowest BCUT2D eigenvalue weighted by molar-refractivity contribution is -0.144. The second-order valence-corrected chi connectivity index (χ2v) is 8.07. The molecule has 9 heteroatoms. The maximum atomic E-state index is 13.0. The Hall–Kier alpha value is -2.55. The fraction of sp³-hybridized carbons (Fsp3) is 0.524. The lowest BCUT2D eigenvalue weighted by Gasteiger charge is -2.31. The Kier molecular flexibility index (Phi) is 8.12. The number of rotatable bonds is 9. The molecule has 0 spiro atoms. The van der Waals surface area contributed by atoms with Gasteiger partial charge in [-0.25, -0.2) is 9.37 Å². The van der Waals surface area contributed by atoms with E-state index in [1.807, 2.05) is 0 Å². The van der Waals surface area contributed by atoms with Crippen molar-refractivity contribution in [3.05, 3.63) is 41.5 Å². The highest BCUT2D eigenvalue weighted by Crippen LogP contribution is 2.25. The number of ether oxygens (including phenoxy) is 1. The van der Waals surface area contributed by atoms with Crippen molar-refractivity contribution in [3.63, 3.8) is 0 Å². The Labute approximate surface area is 179 Å². The van der Waals surface area contributed by atoms with E-state index >= 15 is 0 Å². The van der Waals surface area contributed by atoms with E-state index in [4.69, 9.17) is 4.74 Å². The van der Waals surface area contributed by atoms with Crippen LogP contribution in [0.15, 0.2) is 24.3 Å². The Morgan fingerprint density at radius 2 is 1.97 bits per heavy atom. The lowest BCUT2D eigenvalue weighted by atomic mass is 9.97. The van der Waals surface area contributed by atoms with Crippen LogP contribution in [0.1, 0.15) is 44.0 Å². The number of anilines is 1. The zero-order chi connectivity index (χ0) is 21.3. The zero-order valence-corrected chi connectivity index (χ0v) is 17.9. The molecule has 0 atom stereocenters. The molecule has 1 aromatic heterocycles. The van der Waals surface area contributed by atoms with Crippen LogP contribution in [0.4, 0.5) is 9.52 Å². The molecule has 30 heavy (non-hydrogen) atoms. The first-order valence-electron chi connectivity index (χ1n) is 10.3. The van der Waals surface area contributed by atoms with Gasteiger partial charge >= 0.3 is 5.97 Å². The van der Waals surface area contributed by atoms with Crippen LogP contribution in [0.2, 0.25) is 0 Å². The molecule has 7 nitrogen and oxygen atoms in total. The van der Waals surface area contributed by atoms with Gasteiger partial charge in [0.25, 0.3) is 0 Å². The molecule has 0 aliphatic carbocycles. The molecule has 1 fully saturated rings. The first-order valence-corrected chi connectivity index (χ1v) is 11.0. The summed E-state index contributed by atoms with van der Waals surface area (Å²) in [5.41, 5.74) is 0.984. The highest BCUT2D eigenvalue weighted by molar-refractivity contribution is 7.09. The SMILES string of the molecule is CCOC(=O)CCC(=O)NCC1CCN(c2nc(Cc3ccc(F)cc3)ns2)CC1. The molecule has 162 valence electrons. The Morgan fingerprint density at radius 3 is 2.67 bits per heavy atom. The van der Waals surface area contributed by atoms with Crippen LogP contribution < -0.4 is 10.2 Å². The van der Waals surface area contributed by atoms with Crippen LogP contribution in [0, 0.1) is 11.7 Å². The van der Waals surface area contributed by atoms with Gasteiger partial charge in [0.1, 0.15) is 11.6 Å². The molecular formula is C21H27FN4O3S. The smallest absolute Gasteiger partial charge is 0.306 e. The predicted molar refractivity (Wildman–Crippen MR) is 113 cm³/mol. The van der Waals surface area contributed by atoms with E-state index < -0.39 is 0 Å². The van der Waals surface area contributed by atoms with Crippen LogP contribution >= 0.6 is 11.5 Å². The number of carbonyl (C=O) groups is 2. The van der Waals surface area contributed by atoms with Crippen molar-refractivity contribution in [2.45, 2.75) is 39.0 Å². The first kappa shape index (κ1) is 22.1. The molecule has 1 aliphatic heterocycles. The fourth-order valence-electron chi connectivity index (χ4n) is 3.35. The summed E-state index contributed by atoms with van der Waals surface area (Å²) >= 11 is 1.39. The number of halogens is 1. The van der Waals surface area contributed by atoms with Crippen molar-refractivity contribution in [3.8, 4) is 0 Å². The van der Waals surface area contributed by atoms with Gasteiger partial charge in [-0.1, -0.05) is 12.1 Å². The minimum atomic E-state index is -0.336. The quantitative estimate of drug-likeness (QED) is 0.611. The maximum absolute atomic E-state index is 13.0. The number of amides is 1. The van der Waals surface area contributed by atoms with Crippen LogP contribution in [0.3, 0.4) is 0 Å². The summed E-state index contributed by atoms with van der Waals surface area (Å²) < 4.78 is 22.3. The largest absolute Gasteiger partial charge is 0.466 e. The van der Waals surface area contributed by atoms with Crippen molar-refractivity contribution < 1.29 is 18.7 Å². The molecule has 1 N–H and O–H groups in total. The number of aromatic nitrogens is 2. The third-order valence-corrected chi connectivity index (χ3v) is 5.88. The van der Waals surface area contributed by atoms with Crippen molar-refractivity contribution in [2.24, 2.45) is 5.92 Å². The highest BCUT2D eigenvalue weighted by Gasteiger charge is 2.22. The van der Waals surface area contributed by atoms with Gasteiger partial charge in [-0.3, -0.25) is 9.59 Å². The Morgan fingerprint density at radius 1 is 1.23 bits per heavy atom. The summed E-state index contributed by atoms with van der Waals surface area (Å²) in [6, 6.07) is 6.40. The molecule has 1 amide bonds. The number of nitrogens with one attached hydrogen (secondary N) is 1. The number of benzene rings is 1. The number of piperidine rings is 1. The maximum Gasteiger partial charge on any atom is 0.306 e. The van der Waals surface area contributed by atoms with Gasteiger partial charge in [0, 0.05) is 44.0 Å². The molecule has 2 heterocycles. The van der Waals surface area contributed by atoms with E-state index in [-0.39, 0.29) is 30.5 Å². The van der Waals surface area contributed by atoms with Crippen molar-refractivity contribution >= 4 is 28.5 Å². The van der Waals surface area contributed by atoms with Gasteiger partial charge in [-0.05, 0) is 43.4 Å². The van der Waals surface area contributed by atoms with Gasteiger partial charge in [0.15, 0.2) is 0 Å². The minimum Gasteiger partial charge on any atom is -0.466 e. The van der Waals surface area contributed by atoms with Gasteiger partial charge < -0.3 is 15.0 Å². The minimum absolute atomic E-state index is 0.111. The topological polar surface area (TPSA) is 84.4 Å². The summed E-state index contributed by atoms with van der Waals surface area (Å²) in [6.45, 7) is 4.45. The van der Waals surface area contributed by atoms with Crippen LogP contribution in [-0.4, -0.2) is 47.5 Å². The van der Waals surface area contributed by atoms with Gasteiger partial charge in [-0.15, -0.1) is 0 Å². The van der Waals surface area contributed by atoms with Crippen molar-refractivity contribution in [2.75, 3.05) is 31.1 Å². The molecular weight excluding hydrogens is 407 g/mol. The molecule has 0 radical (unpaired) electrons. The van der Waals surface area contributed by atoms with E-state index in [0.717, 1.165) is 42.5 Å². The van der Waals surface area contributed by atoms with Crippen LogP contribution in [-0.2, 0) is 20.7 Å². The first-order chi connectivity index (χ1) is 14.5. The van der Waals surface area contributed by atoms with Gasteiger partial charge in [0.05, 0.1) is 13.0 Å². The third kappa shape index (κ3) is 6.76. The second-order valence-electron chi connectivity index (χ2n) is 7.34. The summed E-state index contributed by atoms with van der Waals surface area (Å²) in [6.07, 6.45) is 2.80. The summed E-state index contributed by atoms with van der Waals surface area (Å²) in [7, 11) is 0. The molecule has 0 saturated carbocycles. The predicted octanol–water partition coefficient (Wildman–Crippen LogP) is 2.94. The summed E-state index contributed by atoms with van der Waals surface area (Å²) in [5, 5.41) is 3.83. The third-order valence-electron chi connectivity index (χ3n) is 5.07. The van der Waals surface area contributed by atoms with Gasteiger partial charge in [0.2, 0.25) is 11.0 Å². The van der Waals surface area contributed by atoms with Crippen LogP contribution in [0.5, 0.6) is 0 Å². The normalized spacial score (nSPS) is 14.5. The number of hydrogen-bond acceptors (Lipinski definition) is 7. The fourth-order valence-corrected chi connectivity index (χ4v) is 4.09. The summed E-state index contributed by atoms with van der Waals surface area (Å²) in [5.74, 6) is 0.470. The Balaban J connectivity index is 1.38. The van der Waals surface area contributed by atoms with E-state index in [1.54, 1.807) is 19.1 Å². The Bertz CT molecular complexity index is 835. The molecule has 0 bridgehead atoms. The number of esters is 1. The molecule has 1 aliphatic rings. The average Bonchev–Trinajstić information content (AvgIpc) is 3.21. The molecule has 1 saturated heterocycles. The highest BCUT2D eigenvalue weighted by atomic mass is 32.1. The molecule has 2 aromatic rings. The number of carbonyl (C=O) groups excluding carboxylic acids is 2. The standard InChI is InChI=1S/C21H27FN4O3S/c1-2-29-20(28)8-7-19(27)23-14-16-9-11-26(12-10-16)21-24-18(25-30-21)13-15-3-5-17(22)6-4-15/h3-6,16H,2,7-14H2,1H3,(H,23,27). The van der Waals surface area contributed by atoms with Crippen molar-refractivity contribution in [1.82, 2.24) is 14.7 Å². The number of hydrogen-bond donors (Lipinski definition) is 1. The average molecular weight is 435 g/mol.